The summed E-state index contributed by atoms with van der Waals surface area (Å²) in [6.07, 6.45) is 8.01. The van der Waals surface area contributed by atoms with E-state index in [0.717, 1.165) is 42.4 Å². The molecule has 32 heavy (non-hydrogen) atoms. The van der Waals surface area contributed by atoms with Crippen molar-refractivity contribution in [3.05, 3.63) is 89.5 Å². The van der Waals surface area contributed by atoms with E-state index in [1.54, 1.807) is 24.3 Å². The SMILES string of the molecule is C/C=C/C1CCC(c2ccc(-c3ccc(C4=CC=C(OC)C(F)C4F)cc3)cc2F)CC1. The lowest BCUT2D eigenvalue weighted by Crippen LogP contribution is -2.24. The Bertz CT molecular complexity index is 1030. The minimum atomic E-state index is -1.81. The molecule has 0 N–H and O–H groups in total. The number of hydrogen-bond acceptors (Lipinski definition) is 1. The normalized spacial score (nSPS) is 26.0. The van der Waals surface area contributed by atoms with Gasteiger partial charge in [0.25, 0.3) is 0 Å². The fraction of sp³-hybridized carbons (Fsp3) is 0.357. The van der Waals surface area contributed by atoms with E-state index in [4.69, 9.17) is 4.74 Å². The topological polar surface area (TPSA) is 9.23 Å². The van der Waals surface area contributed by atoms with E-state index in [1.165, 1.54) is 13.2 Å². The van der Waals surface area contributed by atoms with Crippen molar-refractivity contribution in [1.82, 2.24) is 0 Å². The molecule has 168 valence electrons. The molecule has 1 nitrogen and oxygen atoms in total. The Morgan fingerprint density at radius 1 is 0.844 bits per heavy atom. The molecule has 0 amide bonds. The first-order chi connectivity index (χ1) is 15.5. The van der Waals surface area contributed by atoms with Gasteiger partial charge in [-0.15, -0.1) is 0 Å². The van der Waals surface area contributed by atoms with E-state index < -0.39 is 12.3 Å². The second-order valence-electron chi connectivity index (χ2n) is 8.65. The number of rotatable bonds is 5. The van der Waals surface area contributed by atoms with Gasteiger partial charge in [-0.05, 0) is 84.4 Å². The van der Waals surface area contributed by atoms with E-state index in [1.807, 2.05) is 31.2 Å². The second kappa shape index (κ2) is 9.81. The zero-order valence-corrected chi connectivity index (χ0v) is 18.5. The Balaban J connectivity index is 1.50. The molecule has 0 saturated heterocycles. The molecule has 2 aliphatic rings. The number of allylic oxidation sites excluding steroid dienone is 6. The molecule has 2 aromatic rings. The van der Waals surface area contributed by atoms with Crippen molar-refractivity contribution in [3.63, 3.8) is 0 Å². The lowest BCUT2D eigenvalue weighted by atomic mass is 9.78. The molecule has 0 aliphatic heterocycles. The Kier molecular flexibility index (Phi) is 6.88. The first-order valence-electron chi connectivity index (χ1n) is 11.3. The van der Waals surface area contributed by atoms with E-state index >= 15 is 0 Å². The van der Waals surface area contributed by atoms with Crippen LogP contribution in [-0.2, 0) is 4.74 Å². The maximum atomic E-state index is 15.0. The molecule has 2 aromatic carbocycles. The quantitative estimate of drug-likeness (QED) is 0.431. The van der Waals surface area contributed by atoms with Crippen LogP contribution >= 0.6 is 0 Å². The van der Waals surface area contributed by atoms with Gasteiger partial charge in [0.15, 0.2) is 12.3 Å². The second-order valence-corrected chi connectivity index (χ2v) is 8.65. The van der Waals surface area contributed by atoms with Gasteiger partial charge in [0.05, 0.1) is 7.11 Å². The Hall–Kier alpha value is -2.75. The molecule has 1 fully saturated rings. The molecule has 0 radical (unpaired) electrons. The Labute approximate surface area is 188 Å². The van der Waals surface area contributed by atoms with E-state index in [2.05, 4.69) is 12.2 Å². The third-order valence-corrected chi connectivity index (χ3v) is 6.72. The molecule has 0 bridgehead atoms. The predicted octanol–water partition coefficient (Wildman–Crippen LogP) is 7.95. The number of ether oxygens (including phenoxy) is 1. The zero-order valence-electron chi connectivity index (χ0n) is 18.5. The summed E-state index contributed by atoms with van der Waals surface area (Å²) in [6, 6.07) is 12.6. The smallest absolute Gasteiger partial charge is 0.192 e. The molecule has 2 aliphatic carbocycles. The highest BCUT2D eigenvalue weighted by atomic mass is 19.2. The van der Waals surface area contributed by atoms with Crippen LogP contribution in [0.2, 0.25) is 0 Å². The monoisotopic (exact) mass is 438 g/mol. The lowest BCUT2D eigenvalue weighted by molar-refractivity contribution is 0.152. The first kappa shape index (κ1) is 22.4. The summed E-state index contributed by atoms with van der Waals surface area (Å²) in [5, 5.41) is 0. The molecular formula is C28H29F3O. The van der Waals surface area contributed by atoms with Crippen molar-refractivity contribution < 1.29 is 17.9 Å². The number of alkyl halides is 2. The van der Waals surface area contributed by atoms with Crippen molar-refractivity contribution in [3.8, 4) is 11.1 Å². The van der Waals surface area contributed by atoms with Crippen molar-refractivity contribution in [2.45, 2.75) is 50.9 Å². The number of benzene rings is 2. The van der Waals surface area contributed by atoms with E-state index in [9.17, 15) is 13.2 Å². The van der Waals surface area contributed by atoms with Crippen LogP contribution in [-0.4, -0.2) is 19.5 Å². The average molecular weight is 439 g/mol. The van der Waals surface area contributed by atoms with Crippen LogP contribution in [0.25, 0.3) is 16.7 Å². The highest BCUT2D eigenvalue weighted by Gasteiger charge is 2.32. The van der Waals surface area contributed by atoms with Gasteiger partial charge in [-0.25, -0.2) is 13.2 Å². The van der Waals surface area contributed by atoms with Crippen LogP contribution in [0.15, 0.2) is 72.5 Å². The van der Waals surface area contributed by atoms with Crippen molar-refractivity contribution in [2.24, 2.45) is 5.92 Å². The lowest BCUT2D eigenvalue weighted by Gasteiger charge is -2.27. The molecule has 1 saturated carbocycles. The predicted molar refractivity (Wildman–Crippen MR) is 124 cm³/mol. The van der Waals surface area contributed by atoms with Crippen LogP contribution in [0, 0.1) is 11.7 Å². The fourth-order valence-electron chi connectivity index (χ4n) is 4.88. The van der Waals surface area contributed by atoms with Crippen molar-refractivity contribution in [2.75, 3.05) is 7.11 Å². The van der Waals surface area contributed by atoms with Crippen LogP contribution in [0.1, 0.15) is 49.7 Å². The summed E-state index contributed by atoms with van der Waals surface area (Å²) >= 11 is 0. The highest BCUT2D eigenvalue weighted by molar-refractivity contribution is 5.75. The van der Waals surface area contributed by atoms with Crippen LogP contribution in [0.5, 0.6) is 0 Å². The van der Waals surface area contributed by atoms with Gasteiger partial charge in [-0.2, -0.15) is 0 Å². The van der Waals surface area contributed by atoms with Crippen LogP contribution in [0.4, 0.5) is 13.2 Å². The maximum absolute atomic E-state index is 15.0. The summed E-state index contributed by atoms with van der Waals surface area (Å²) in [7, 11) is 1.33. The molecule has 2 unspecified atom stereocenters. The zero-order chi connectivity index (χ0) is 22.7. The number of hydrogen-bond donors (Lipinski definition) is 0. The number of halogens is 3. The van der Waals surface area contributed by atoms with Gasteiger partial charge in [-0.1, -0.05) is 54.6 Å². The molecule has 0 heterocycles. The highest BCUT2D eigenvalue weighted by Crippen LogP contribution is 2.38. The van der Waals surface area contributed by atoms with Gasteiger partial charge in [0, 0.05) is 0 Å². The first-order valence-corrected chi connectivity index (χ1v) is 11.3. The molecule has 4 rings (SSSR count). The van der Waals surface area contributed by atoms with Crippen molar-refractivity contribution >= 4 is 5.57 Å². The third-order valence-electron chi connectivity index (χ3n) is 6.72. The third kappa shape index (κ3) is 4.55. The van der Waals surface area contributed by atoms with Crippen LogP contribution < -0.4 is 0 Å². The van der Waals surface area contributed by atoms with Crippen LogP contribution in [0.3, 0.4) is 0 Å². The molecular weight excluding hydrogens is 409 g/mol. The molecule has 0 spiro atoms. The summed E-state index contributed by atoms with van der Waals surface area (Å²) < 4.78 is 48.5. The van der Waals surface area contributed by atoms with E-state index in [-0.39, 0.29) is 23.1 Å². The Morgan fingerprint density at radius 2 is 1.50 bits per heavy atom. The maximum Gasteiger partial charge on any atom is 0.192 e. The van der Waals surface area contributed by atoms with Gasteiger partial charge in [0.2, 0.25) is 0 Å². The summed E-state index contributed by atoms with van der Waals surface area (Å²) in [6.45, 7) is 2.05. The molecule has 4 heteroatoms. The largest absolute Gasteiger partial charge is 0.498 e. The van der Waals surface area contributed by atoms with Gasteiger partial charge < -0.3 is 4.74 Å². The van der Waals surface area contributed by atoms with E-state index in [0.29, 0.717) is 11.5 Å². The van der Waals surface area contributed by atoms with Gasteiger partial charge in [-0.3, -0.25) is 0 Å². The summed E-state index contributed by atoms with van der Waals surface area (Å²) in [5.74, 6) is 0.706. The van der Waals surface area contributed by atoms with Gasteiger partial charge in [0.1, 0.15) is 11.6 Å². The summed E-state index contributed by atoms with van der Waals surface area (Å²) in [4.78, 5) is 0. The minimum Gasteiger partial charge on any atom is -0.498 e. The summed E-state index contributed by atoms with van der Waals surface area (Å²) in [5.41, 5.74) is 3.30. The van der Waals surface area contributed by atoms with Crippen molar-refractivity contribution in [1.29, 1.82) is 0 Å². The standard InChI is InChI=1S/C28H29F3O/c1-3-4-18-5-7-20(8-6-18)23-14-13-22(17-25(23)29)19-9-11-21(12-10-19)24-15-16-26(32-2)28(31)27(24)30/h3-4,9-18,20,27-28H,5-8H2,1-2H3/b4-3+. The van der Waals surface area contributed by atoms with Gasteiger partial charge >= 0.3 is 0 Å². The Morgan fingerprint density at radius 3 is 2.12 bits per heavy atom. The molecule has 2 atom stereocenters. The molecule has 0 aromatic heterocycles. The minimum absolute atomic E-state index is 0.0104. The average Bonchev–Trinajstić information content (AvgIpc) is 2.82. The fourth-order valence-corrected chi connectivity index (χ4v) is 4.88. The number of methoxy groups -OCH3 is 1.